The first-order valence-electron chi connectivity index (χ1n) is 9.29. The van der Waals surface area contributed by atoms with Gasteiger partial charge in [0.25, 0.3) is 5.91 Å². The molecule has 0 saturated heterocycles. The van der Waals surface area contributed by atoms with Crippen LogP contribution in [0.4, 0.5) is 0 Å². The Labute approximate surface area is 157 Å². The van der Waals surface area contributed by atoms with E-state index in [0.29, 0.717) is 12.8 Å². The van der Waals surface area contributed by atoms with Gasteiger partial charge in [-0.2, -0.15) is 5.26 Å². The number of nitriles is 1. The summed E-state index contributed by atoms with van der Waals surface area (Å²) in [4.78, 5) is 46.5. The van der Waals surface area contributed by atoms with E-state index in [4.69, 9.17) is 4.74 Å². The van der Waals surface area contributed by atoms with Crippen LogP contribution in [0.25, 0.3) is 0 Å². The number of ketones is 1. The van der Waals surface area contributed by atoms with Crippen molar-refractivity contribution >= 4 is 17.7 Å². The molecule has 27 heavy (non-hydrogen) atoms. The van der Waals surface area contributed by atoms with Gasteiger partial charge in [-0.3, -0.25) is 24.5 Å². The summed E-state index contributed by atoms with van der Waals surface area (Å²) in [5, 5.41) is 22.8. The molecule has 0 unspecified atom stereocenters. The van der Waals surface area contributed by atoms with Crippen LogP contribution in [-0.2, 0) is 19.1 Å². The molecule has 2 fully saturated rings. The predicted octanol–water partition coefficient (Wildman–Crippen LogP) is 1.38. The third-order valence-corrected chi connectivity index (χ3v) is 5.59. The highest BCUT2D eigenvalue weighted by atomic mass is 16.6. The number of hydrogen-bond donors (Lipinski definition) is 1. The molecule has 0 aromatic rings. The first-order valence-corrected chi connectivity index (χ1v) is 9.29. The Morgan fingerprint density at radius 3 is 2.63 bits per heavy atom. The van der Waals surface area contributed by atoms with Crippen LogP contribution in [0.2, 0.25) is 0 Å². The molecule has 0 aliphatic heterocycles. The molecule has 0 aromatic carbocycles. The van der Waals surface area contributed by atoms with Gasteiger partial charge in [0, 0.05) is 23.2 Å². The van der Waals surface area contributed by atoms with E-state index in [2.05, 4.69) is 11.4 Å². The Morgan fingerprint density at radius 1 is 1.37 bits per heavy atom. The molecule has 3 atom stereocenters. The highest BCUT2D eigenvalue weighted by Crippen LogP contribution is 2.36. The number of ether oxygens (including phenoxy) is 1. The Kier molecular flexibility index (Phi) is 6.88. The van der Waals surface area contributed by atoms with Crippen LogP contribution < -0.4 is 5.32 Å². The van der Waals surface area contributed by atoms with Gasteiger partial charge in [0.05, 0.1) is 12.5 Å². The molecule has 2 aliphatic carbocycles. The summed E-state index contributed by atoms with van der Waals surface area (Å²) < 4.78 is 4.95. The monoisotopic (exact) mass is 379 g/mol. The summed E-state index contributed by atoms with van der Waals surface area (Å²) in [6.07, 6.45) is 3.81. The molecule has 9 nitrogen and oxygen atoms in total. The lowest BCUT2D eigenvalue weighted by atomic mass is 9.83. The van der Waals surface area contributed by atoms with Crippen molar-refractivity contribution in [1.82, 2.24) is 5.32 Å². The van der Waals surface area contributed by atoms with E-state index >= 15 is 0 Å². The molecule has 0 heterocycles. The van der Waals surface area contributed by atoms with Crippen molar-refractivity contribution in [3.8, 4) is 6.07 Å². The fourth-order valence-electron chi connectivity index (χ4n) is 4.11. The van der Waals surface area contributed by atoms with Gasteiger partial charge in [0.1, 0.15) is 11.3 Å². The fraction of sp³-hybridized carbons (Fsp3) is 0.778. The van der Waals surface area contributed by atoms with Crippen LogP contribution in [0, 0.1) is 39.2 Å². The van der Waals surface area contributed by atoms with Crippen LogP contribution in [0.3, 0.4) is 0 Å². The Bertz CT molecular complexity index is 650. The number of esters is 1. The molecule has 0 spiro atoms. The highest BCUT2D eigenvalue weighted by molar-refractivity contribution is 5.88. The van der Waals surface area contributed by atoms with Gasteiger partial charge in [-0.15, -0.1) is 0 Å². The minimum atomic E-state index is -0.907. The number of hydrogen-bond acceptors (Lipinski definition) is 7. The second kappa shape index (κ2) is 8.93. The summed E-state index contributed by atoms with van der Waals surface area (Å²) in [5.74, 6) is -2.88. The zero-order valence-corrected chi connectivity index (χ0v) is 15.4. The van der Waals surface area contributed by atoms with Crippen molar-refractivity contribution in [2.45, 2.75) is 57.4 Å². The van der Waals surface area contributed by atoms with Gasteiger partial charge in [-0.05, 0) is 18.8 Å². The maximum absolute atomic E-state index is 12.0. The Balaban J connectivity index is 1.84. The molecule has 2 aliphatic rings. The number of nitrogens with zero attached hydrogens (tertiary/aromatic N) is 2. The SMILES string of the molecule is C[C@H]1CC(=O)[C@H](CC(=O)OCC(=O)NC2(C#N)CCCCC2)[C@@H]1C[N+](=O)[O-]. The lowest BCUT2D eigenvalue weighted by Gasteiger charge is -2.31. The van der Waals surface area contributed by atoms with E-state index in [9.17, 15) is 29.8 Å². The highest BCUT2D eigenvalue weighted by Gasteiger charge is 2.44. The smallest absolute Gasteiger partial charge is 0.307 e. The van der Waals surface area contributed by atoms with E-state index in [0.717, 1.165) is 19.3 Å². The molecular formula is C18H25N3O6. The number of carbonyl (C=O) groups is 3. The lowest BCUT2D eigenvalue weighted by Crippen LogP contribution is -2.50. The standard InChI is InChI=1S/C18H25N3O6/c1-12-7-15(22)13(14(12)9-21(25)26)8-17(24)27-10-16(23)20-18(11-19)5-3-2-4-6-18/h12-14H,2-10H2,1H3,(H,20,23)/t12-,13+,14+/m0/s1. The number of nitrogens with one attached hydrogen (secondary N) is 1. The maximum Gasteiger partial charge on any atom is 0.307 e. The van der Waals surface area contributed by atoms with Crippen molar-refractivity contribution in [3.05, 3.63) is 10.1 Å². The van der Waals surface area contributed by atoms with Crippen molar-refractivity contribution in [3.63, 3.8) is 0 Å². The predicted molar refractivity (Wildman–Crippen MR) is 92.8 cm³/mol. The Hall–Kier alpha value is -2.50. The zero-order valence-electron chi connectivity index (χ0n) is 15.4. The first kappa shape index (κ1) is 20.8. The molecule has 9 heteroatoms. The van der Waals surface area contributed by atoms with Gasteiger partial charge in [0.15, 0.2) is 6.61 Å². The normalized spacial score (nSPS) is 26.8. The van der Waals surface area contributed by atoms with Crippen LogP contribution >= 0.6 is 0 Å². The van der Waals surface area contributed by atoms with Crippen molar-refractivity contribution < 1.29 is 24.0 Å². The van der Waals surface area contributed by atoms with E-state index in [1.807, 2.05) is 0 Å². The van der Waals surface area contributed by atoms with Crippen LogP contribution in [0.5, 0.6) is 0 Å². The van der Waals surface area contributed by atoms with Gasteiger partial charge in [-0.25, -0.2) is 0 Å². The summed E-state index contributed by atoms with van der Waals surface area (Å²) >= 11 is 0. The van der Waals surface area contributed by atoms with Crippen LogP contribution in [0.15, 0.2) is 0 Å². The molecule has 1 amide bonds. The molecule has 2 saturated carbocycles. The number of Topliss-reactive ketones (excluding diaryl/α,β-unsaturated/α-hetero) is 1. The summed E-state index contributed by atoms with van der Waals surface area (Å²) in [6, 6.07) is 2.15. The first-order chi connectivity index (χ1) is 12.8. The van der Waals surface area contributed by atoms with E-state index in [1.165, 1.54) is 0 Å². The third-order valence-electron chi connectivity index (χ3n) is 5.59. The van der Waals surface area contributed by atoms with E-state index < -0.39 is 40.8 Å². The number of rotatable bonds is 7. The number of carbonyl (C=O) groups excluding carboxylic acids is 3. The number of amides is 1. The number of nitro groups is 1. The van der Waals surface area contributed by atoms with Gasteiger partial charge >= 0.3 is 5.97 Å². The molecule has 0 aromatic heterocycles. The second-order valence-corrected chi connectivity index (χ2v) is 7.60. The van der Waals surface area contributed by atoms with Gasteiger partial charge < -0.3 is 10.1 Å². The van der Waals surface area contributed by atoms with Crippen molar-refractivity contribution in [1.29, 1.82) is 5.26 Å². The topological polar surface area (TPSA) is 139 Å². The zero-order chi connectivity index (χ0) is 20.0. The minimum Gasteiger partial charge on any atom is -0.456 e. The quantitative estimate of drug-likeness (QED) is 0.400. The molecule has 0 bridgehead atoms. The lowest BCUT2D eigenvalue weighted by molar-refractivity contribution is -0.490. The van der Waals surface area contributed by atoms with Crippen molar-refractivity contribution in [2.24, 2.45) is 17.8 Å². The summed E-state index contributed by atoms with van der Waals surface area (Å²) in [7, 11) is 0. The minimum absolute atomic E-state index is 0.161. The summed E-state index contributed by atoms with van der Waals surface area (Å²) in [6.45, 7) is 0.866. The van der Waals surface area contributed by atoms with E-state index in [-0.39, 0.29) is 31.1 Å². The molecule has 2 rings (SSSR count). The maximum atomic E-state index is 12.0. The Morgan fingerprint density at radius 2 is 2.04 bits per heavy atom. The van der Waals surface area contributed by atoms with E-state index in [1.54, 1.807) is 6.92 Å². The molecule has 1 N–H and O–H groups in total. The largest absolute Gasteiger partial charge is 0.456 e. The molecule has 0 radical (unpaired) electrons. The second-order valence-electron chi connectivity index (χ2n) is 7.60. The van der Waals surface area contributed by atoms with Crippen LogP contribution in [-0.4, -0.2) is 41.3 Å². The summed E-state index contributed by atoms with van der Waals surface area (Å²) in [5.41, 5.74) is -0.907. The average molecular weight is 379 g/mol. The van der Waals surface area contributed by atoms with Crippen LogP contribution in [0.1, 0.15) is 51.9 Å². The molecule has 148 valence electrons. The fourth-order valence-corrected chi connectivity index (χ4v) is 4.11. The van der Waals surface area contributed by atoms with Gasteiger partial charge in [-0.1, -0.05) is 26.2 Å². The average Bonchev–Trinajstić information content (AvgIpc) is 2.87. The molecular weight excluding hydrogens is 354 g/mol. The van der Waals surface area contributed by atoms with Gasteiger partial charge in [0.2, 0.25) is 6.54 Å². The third kappa shape index (κ3) is 5.49. The van der Waals surface area contributed by atoms with Crippen molar-refractivity contribution in [2.75, 3.05) is 13.2 Å².